The maximum atomic E-state index is 6.22. The maximum absolute atomic E-state index is 6.22. The first kappa shape index (κ1) is 14.2. The highest BCUT2D eigenvalue weighted by molar-refractivity contribution is 6.31. The van der Waals surface area contributed by atoms with Crippen LogP contribution in [-0.4, -0.2) is 6.54 Å². The van der Waals surface area contributed by atoms with E-state index in [1.165, 1.54) is 0 Å². The van der Waals surface area contributed by atoms with Gasteiger partial charge in [-0.05, 0) is 42.9 Å². The van der Waals surface area contributed by atoms with Crippen LogP contribution < -0.4 is 10.1 Å². The van der Waals surface area contributed by atoms with Crippen LogP contribution in [0.3, 0.4) is 0 Å². The van der Waals surface area contributed by atoms with Crippen LogP contribution in [0.2, 0.25) is 10.0 Å². The molecule has 0 unspecified atom stereocenters. The number of hydrogen-bond donors (Lipinski definition) is 1. The summed E-state index contributed by atoms with van der Waals surface area (Å²) in [5.74, 6) is 1.50. The molecule has 4 heteroatoms. The summed E-state index contributed by atoms with van der Waals surface area (Å²) in [5, 5.41) is 4.64. The monoisotopic (exact) mass is 295 g/mol. The molecule has 2 rings (SSSR count). The smallest absolute Gasteiger partial charge is 0.133 e. The molecule has 0 atom stereocenters. The van der Waals surface area contributed by atoms with Crippen LogP contribution in [0.4, 0.5) is 0 Å². The Hall–Kier alpha value is -1.22. The Bertz CT molecular complexity index is 540. The van der Waals surface area contributed by atoms with E-state index >= 15 is 0 Å². The van der Waals surface area contributed by atoms with Crippen molar-refractivity contribution in [3.63, 3.8) is 0 Å². The van der Waals surface area contributed by atoms with E-state index in [1.807, 2.05) is 30.3 Å². The zero-order valence-corrected chi connectivity index (χ0v) is 12.1. The van der Waals surface area contributed by atoms with Gasteiger partial charge in [-0.15, -0.1) is 0 Å². The summed E-state index contributed by atoms with van der Waals surface area (Å²) in [4.78, 5) is 0. The van der Waals surface area contributed by atoms with Crippen molar-refractivity contribution in [2.75, 3.05) is 6.54 Å². The summed E-state index contributed by atoms with van der Waals surface area (Å²) < 4.78 is 5.86. The Kier molecular flexibility index (Phi) is 5.08. The van der Waals surface area contributed by atoms with Gasteiger partial charge in [0, 0.05) is 22.2 Å². The molecule has 0 fully saturated rings. The minimum absolute atomic E-state index is 0.680. The molecule has 2 aromatic carbocycles. The molecule has 0 amide bonds. The van der Waals surface area contributed by atoms with E-state index in [4.69, 9.17) is 27.9 Å². The van der Waals surface area contributed by atoms with Gasteiger partial charge >= 0.3 is 0 Å². The van der Waals surface area contributed by atoms with Crippen LogP contribution in [0.5, 0.6) is 11.5 Å². The summed E-state index contributed by atoms with van der Waals surface area (Å²) in [6, 6.07) is 12.9. The van der Waals surface area contributed by atoms with E-state index in [1.54, 1.807) is 12.1 Å². The molecule has 1 N–H and O–H groups in total. The normalized spacial score (nSPS) is 10.5. The van der Waals surface area contributed by atoms with Gasteiger partial charge in [0.25, 0.3) is 0 Å². The topological polar surface area (TPSA) is 21.3 Å². The van der Waals surface area contributed by atoms with E-state index in [0.717, 1.165) is 23.6 Å². The zero-order chi connectivity index (χ0) is 13.7. The van der Waals surface area contributed by atoms with E-state index in [2.05, 4.69) is 12.2 Å². The van der Waals surface area contributed by atoms with Crippen molar-refractivity contribution in [2.24, 2.45) is 0 Å². The Morgan fingerprint density at radius 3 is 2.47 bits per heavy atom. The summed E-state index contributed by atoms with van der Waals surface area (Å²) in [5.41, 5.74) is 0.959. The first-order valence-electron chi connectivity index (χ1n) is 6.12. The fourth-order valence-corrected chi connectivity index (χ4v) is 2.04. The van der Waals surface area contributed by atoms with Gasteiger partial charge in [0.1, 0.15) is 11.5 Å². The van der Waals surface area contributed by atoms with Crippen molar-refractivity contribution >= 4 is 23.2 Å². The standard InChI is InChI=1S/C15H15Cl2NO/c1-2-18-10-13-14(17)4-3-5-15(13)19-12-8-6-11(16)7-9-12/h3-9,18H,2,10H2,1H3. The molecule has 0 heterocycles. The lowest BCUT2D eigenvalue weighted by atomic mass is 10.2. The Morgan fingerprint density at radius 2 is 1.79 bits per heavy atom. The lowest BCUT2D eigenvalue weighted by Crippen LogP contribution is -2.12. The van der Waals surface area contributed by atoms with Crippen molar-refractivity contribution in [1.82, 2.24) is 5.32 Å². The molecular weight excluding hydrogens is 281 g/mol. The van der Waals surface area contributed by atoms with Crippen LogP contribution in [-0.2, 0) is 6.54 Å². The molecule has 19 heavy (non-hydrogen) atoms. The number of rotatable bonds is 5. The van der Waals surface area contributed by atoms with Gasteiger partial charge < -0.3 is 10.1 Å². The second-order valence-electron chi connectivity index (χ2n) is 4.05. The predicted molar refractivity (Wildman–Crippen MR) is 80.4 cm³/mol. The lowest BCUT2D eigenvalue weighted by Gasteiger charge is -2.13. The number of halogens is 2. The highest BCUT2D eigenvalue weighted by Crippen LogP contribution is 2.30. The largest absolute Gasteiger partial charge is 0.457 e. The molecule has 0 aliphatic heterocycles. The van der Waals surface area contributed by atoms with Gasteiger partial charge in [-0.3, -0.25) is 0 Å². The third-order valence-electron chi connectivity index (χ3n) is 2.67. The number of nitrogens with one attached hydrogen (secondary N) is 1. The van der Waals surface area contributed by atoms with Gasteiger partial charge in [0.2, 0.25) is 0 Å². The minimum Gasteiger partial charge on any atom is -0.457 e. The van der Waals surface area contributed by atoms with Gasteiger partial charge in [-0.1, -0.05) is 36.2 Å². The van der Waals surface area contributed by atoms with Gasteiger partial charge in [-0.2, -0.15) is 0 Å². The van der Waals surface area contributed by atoms with Crippen LogP contribution in [0, 0.1) is 0 Å². The quantitative estimate of drug-likeness (QED) is 0.847. The highest BCUT2D eigenvalue weighted by atomic mass is 35.5. The Balaban J connectivity index is 2.23. The molecule has 100 valence electrons. The molecule has 2 aromatic rings. The van der Waals surface area contributed by atoms with E-state index in [-0.39, 0.29) is 0 Å². The average molecular weight is 296 g/mol. The summed E-state index contributed by atoms with van der Waals surface area (Å²) in [6.45, 7) is 3.61. The number of benzene rings is 2. The Morgan fingerprint density at radius 1 is 1.05 bits per heavy atom. The van der Waals surface area contributed by atoms with Crippen molar-refractivity contribution in [3.05, 3.63) is 58.1 Å². The van der Waals surface area contributed by atoms with Gasteiger partial charge in [0.05, 0.1) is 0 Å². The van der Waals surface area contributed by atoms with Crippen LogP contribution in [0.15, 0.2) is 42.5 Å². The van der Waals surface area contributed by atoms with Crippen molar-refractivity contribution in [2.45, 2.75) is 13.5 Å². The molecule has 2 nitrogen and oxygen atoms in total. The zero-order valence-electron chi connectivity index (χ0n) is 10.6. The van der Waals surface area contributed by atoms with Crippen LogP contribution in [0.1, 0.15) is 12.5 Å². The Labute approximate surface area is 123 Å². The first-order valence-corrected chi connectivity index (χ1v) is 6.88. The van der Waals surface area contributed by atoms with Crippen LogP contribution >= 0.6 is 23.2 Å². The fraction of sp³-hybridized carbons (Fsp3) is 0.200. The van der Waals surface area contributed by atoms with E-state index in [9.17, 15) is 0 Å². The fourth-order valence-electron chi connectivity index (χ4n) is 1.69. The first-order chi connectivity index (χ1) is 9.20. The summed E-state index contributed by atoms with van der Waals surface area (Å²) in [7, 11) is 0. The average Bonchev–Trinajstić information content (AvgIpc) is 2.41. The molecule has 0 spiro atoms. The predicted octanol–water partition coefficient (Wildman–Crippen LogP) is 4.90. The lowest BCUT2D eigenvalue weighted by molar-refractivity contribution is 0.473. The summed E-state index contributed by atoms with van der Waals surface area (Å²) in [6.07, 6.45) is 0. The summed E-state index contributed by atoms with van der Waals surface area (Å²) >= 11 is 12.1. The molecule has 0 aliphatic rings. The van der Waals surface area contributed by atoms with Gasteiger partial charge in [0.15, 0.2) is 0 Å². The highest BCUT2D eigenvalue weighted by Gasteiger charge is 2.08. The van der Waals surface area contributed by atoms with Crippen LogP contribution in [0.25, 0.3) is 0 Å². The molecule has 0 aliphatic carbocycles. The molecule has 0 radical (unpaired) electrons. The molecule has 0 bridgehead atoms. The molecule has 0 saturated heterocycles. The molecule has 0 aromatic heterocycles. The third-order valence-corrected chi connectivity index (χ3v) is 3.28. The van der Waals surface area contributed by atoms with E-state index in [0.29, 0.717) is 16.6 Å². The SMILES string of the molecule is CCNCc1c(Cl)cccc1Oc1ccc(Cl)cc1. The minimum atomic E-state index is 0.680. The second kappa shape index (κ2) is 6.80. The number of hydrogen-bond acceptors (Lipinski definition) is 2. The molecular formula is C15H15Cl2NO. The molecule has 0 saturated carbocycles. The third kappa shape index (κ3) is 3.87. The van der Waals surface area contributed by atoms with E-state index < -0.39 is 0 Å². The van der Waals surface area contributed by atoms with Crippen molar-refractivity contribution < 1.29 is 4.74 Å². The number of ether oxygens (including phenoxy) is 1. The van der Waals surface area contributed by atoms with Crippen molar-refractivity contribution in [1.29, 1.82) is 0 Å². The second-order valence-corrected chi connectivity index (χ2v) is 4.90. The van der Waals surface area contributed by atoms with Gasteiger partial charge in [-0.25, -0.2) is 0 Å². The maximum Gasteiger partial charge on any atom is 0.133 e. The van der Waals surface area contributed by atoms with Crippen molar-refractivity contribution in [3.8, 4) is 11.5 Å².